The largest absolute Gasteiger partial charge is 0.465 e. The highest BCUT2D eigenvalue weighted by Gasteiger charge is 2.45. The van der Waals surface area contributed by atoms with Crippen molar-refractivity contribution in [3.05, 3.63) is 29.3 Å². The Labute approximate surface area is 195 Å². The Morgan fingerprint density at radius 1 is 1.18 bits per heavy atom. The van der Waals surface area contributed by atoms with Crippen LogP contribution < -0.4 is 4.90 Å². The van der Waals surface area contributed by atoms with Crippen molar-refractivity contribution in [1.29, 1.82) is 0 Å². The van der Waals surface area contributed by atoms with Crippen LogP contribution in [0.4, 0.5) is 10.8 Å². The van der Waals surface area contributed by atoms with Gasteiger partial charge in [-0.25, -0.2) is 14.6 Å². The summed E-state index contributed by atoms with van der Waals surface area (Å²) >= 11 is 1.49. The van der Waals surface area contributed by atoms with Crippen LogP contribution in [0.25, 0.3) is 21.7 Å². The zero-order valence-electron chi connectivity index (χ0n) is 19.0. The molecule has 0 spiro atoms. The van der Waals surface area contributed by atoms with Crippen molar-refractivity contribution in [2.45, 2.75) is 51.3 Å². The van der Waals surface area contributed by atoms with Gasteiger partial charge in [-0.15, -0.1) is 11.3 Å². The summed E-state index contributed by atoms with van der Waals surface area (Å²) in [6.07, 6.45) is 3.26. The maximum Gasteiger partial charge on any atom is 0.410 e. The molecule has 4 heterocycles. The minimum atomic E-state index is -0.537. The molecule has 5 rings (SSSR count). The van der Waals surface area contributed by atoms with Gasteiger partial charge in [0.25, 0.3) is 6.01 Å². The summed E-state index contributed by atoms with van der Waals surface area (Å²) in [6, 6.07) is 3.98. The highest BCUT2D eigenvalue weighted by Crippen LogP contribution is 2.38. The molecule has 2 aliphatic heterocycles. The van der Waals surface area contributed by atoms with E-state index in [0.717, 1.165) is 23.4 Å². The second-order valence-electron chi connectivity index (χ2n) is 9.34. The third-order valence-electron chi connectivity index (χ3n) is 5.96. The monoisotopic (exact) mass is 470 g/mol. The average molecular weight is 471 g/mol. The molecule has 33 heavy (non-hydrogen) atoms. The average Bonchev–Trinajstić information content (AvgIpc) is 3.49. The lowest BCUT2D eigenvalue weighted by Gasteiger charge is -2.40. The van der Waals surface area contributed by atoms with Crippen LogP contribution in [0.1, 0.15) is 44.0 Å². The Morgan fingerprint density at radius 2 is 1.91 bits per heavy atom. The van der Waals surface area contributed by atoms with Crippen LogP contribution in [0.15, 0.2) is 28.1 Å². The maximum atomic E-state index is 12.8. The van der Waals surface area contributed by atoms with E-state index in [4.69, 9.17) is 18.9 Å². The van der Waals surface area contributed by atoms with E-state index in [1.54, 1.807) is 12.3 Å². The zero-order chi connectivity index (χ0) is 23.3. The van der Waals surface area contributed by atoms with Crippen molar-refractivity contribution in [1.82, 2.24) is 14.9 Å². The van der Waals surface area contributed by atoms with Gasteiger partial charge in [0.05, 0.1) is 30.3 Å². The number of rotatable bonds is 3. The minimum Gasteiger partial charge on any atom is -0.465 e. The van der Waals surface area contributed by atoms with Crippen molar-refractivity contribution < 1.29 is 23.5 Å². The first kappa shape index (κ1) is 21.7. The summed E-state index contributed by atoms with van der Waals surface area (Å²) in [7, 11) is 1.34. The number of hydrogen-bond donors (Lipinski definition) is 0. The lowest BCUT2D eigenvalue weighted by atomic mass is 10.1. The van der Waals surface area contributed by atoms with Gasteiger partial charge < -0.3 is 18.8 Å². The number of anilines is 1. The quantitative estimate of drug-likeness (QED) is 0.522. The Hall–Kier alpha value is -3.14. The molecule has 2 aromatic heterocycles. The minimum absolute atomic E-state index is 0.0205. The van der Waals surface area contributed by atoms with Crippen molar-refractivity contribution in [3.63, 3.8) is 0 Å². The summed E-state index contributed by atoms with van der Waals surface area (Å²) < 4.78 is 16.8. The number of hydrogen-bond acceptors (Lipinski definition) is 9. The molecular formula is C23H26N4O5S. The second-order valence-corrected chi connectivity index (χ2v) is 10.2. The summed E-state index contributed by atoms with van der Waals surface area (Å²) in [4.78, 5) is 38.2. The Balaban J connectivity index is 1.48. The van der Waals surface area contributed by atoms with E-state index in [2.05, 4.69) is 9.88 Å². The molecule has 174 valence electrons. The van der Waals surface area contributed by atoms with Crippen LogP contribution in [-0.2, 0) is 9.47 Å². The van der Waals surface area contributed by atoms with Crippen LogP contribution in [0, 0.1) is 0 Å². The van der Waals surface area contributed by atoms with Crippen LogP contribution in [-0.4, -0.2) is 64.8 Å². The Kier molecular flexibility index (Phi) is 5.27. The molecule has 0 saturated carbocycles. The molecule has 2 atom stereocenters. The van der Waals surface area contributed by atoms with E-state index in [0.29, 0.717) is 35.8 Å². The summed E-state index contributed by atoms with van der Waals surface area (Å²) in [5.41, 5.74) is 1.54. The molecule has 2 saturated heterocycles. The number of benzene rings is 1. The zero-order valence-corrected chi connectivity index (χ0v) is 19.8. The fourth-order valence-corrected chi connectivity index (χ4v) is 5.26. The van der Waals surface area contributed by atoms with Gasteiger partial charge in [0, 0.05) is 24.7 Å². The molecule has 3 aromatic rings. The molecule has 10 heteroatoms. The Morgan fingerprint density at radius 3 is 2.52 bits per heavy atom. The number of nitrogens with zero attached hydrogens (tertiary/aromatic N) is 4. The number of piperazine rings is 1. The predicted molar refractivity (Wildman–Crippen MR) is 124 cm³/mol. The smallest absolute Gasteiger partial charge is 0.410 e. The molecule has 1 amide bonds. The van der Waals surface area contributed by atoms with Crippen LogP contribution in [0.5, 0.6) is 0 Å². The predicted octanol–water partition coefficient (Wildman–Crippen LogP) is 4.33. The number of esters is 1. The number of methoxy groups -OCH3 is 1. The highest BCUT2D eigenvalue weighted by molar-refractivity contribution is 7.13. The Bertz CT molecular complexity index is 1190. The highest BCUT2D eigenvalue weighted by atomic mass is 32.1. The number of ether oxygens (including phenoxy) is 2. The van der Waals surface area contributed by atoms with Gasteiger partial charge in [-0.2, -0.15) is 4.98 Å². The number of aromatic nitrogens is 2. The number of carbonyl (C=O) groups is 2. The van der Waals surface area contributed by atoms with E-state index < -0.39 is 11.6 Å². The second kappa shape index (κ2) is 8.02. The molecule has 2 aliphatic rings. The van der Waals surface area contributed by atoms with Crippen LogP contribution in [0.2, 0.25) is 0 Å². The molecule has 2 fully saturated rings. The van der Waals surface area contributed by atoms with Crippen LogP contribution >= 0.6 is 11.3 Å². The van der Waals surface area contributed by atoms with Gasteiger partial charge in [0.1, 0.15) is 16.1 Å². The van der Waals surface area contributed by atoms with E-state index in [1.165, 1.54) is 18.4 Å². The first-order chi connectivity index (χ1) is 15.7. The topological polar surface area (TPSA) is 98.0 Å². The summed E-state index contributed by atoms with van der Waals surface area (Å²) in [5, 5.41) is 2.68. The van der Waals surface area contributed by atoms with Crippen molar-refractivity contribution in [2.24, 2.45) is 0 Å². The van der Waals surface area contributed by atoms with Gasteiger partial charge >= 0.3 is 12.1 Å². The molecule has 0 aliphatic carbocycles. The molecular weight excluding hydrogens is 444 g/mol. The summed E-state index contributed by atoms with van der Waals surface area (Å²) in [6.45, 7) is 6.80. The van der Waals surface area contributed by atoms with Crippen LogP contribution in [0.3, 0.4) is 0 Å². The fourth-order valence-electron chi connectivity index (χ4n) is 4.60. The van der Waals surface area contributed by atoms with E-state index in [9.17, 15) is 9.59 Å². The number of oxazole rings is 1. The molecule has 1 aromatic carbocycles. The fraction of sp³-hybridized carbons (Fsp3) is 0.478. The normalized spacial score (nSPS) is 20.4. The standard InChI is InChI=1S/C23H26N4O5S/c1-23(2,3)32-22(29)27-13-5-6-14(27)12-26(11-13)21-25-17-15(20(28)30-4)7-8-16(18(17)31-21)19-24-9-10-33-19/h7-10,13-14H,5-6,11-12H2,1-4H3. The molecule has 2 bridgehead atoms. The van der Waals surface area contributed by atoms with Gasteiger partial charge in [-0.3, -0.25) is 4.90 Å². The third kappa shape index (κ3) is 3.92. The van der Waals surface area contributed by atoms with Gasteiger partial charge in [0.2, 0.25) is 0 Å². The lowest BCUT2D eigenvalue weighted by Crippen LogP contribution is -2.56. The van der Waals surface area contributed by atoms with Gasteiger partial charge in [0.15, 0.2) is 5.58 Å². The van der Waals surface area contributed by atoms with Gasteiger partial charge in [-0.05, 0) is 45.7 Å². The SMILES string of the molecule is COC(=O)c1ccc(-c2nccs2)c2oc(N3CC4CCC(C3)N4C(=O)OC(C)(C)C)nc12. The molecule has 0 radical (unpaired) electrons. The van der Waals surface area contributed by atoms with Crippen molar-refractivity contribution in [3.8, 4) is 10.6 Å². The maximum absolute atomic E-state index is 12.8. The molecule has 9 nitrogen and oxygen atoms in total. The van der Waals surface area contributed by atoms with Crippen molar-refractivity contribution in [2.75, 3.05) is 25.1 Å². The van der Waals surface area contributed by atoms with E-state index in [1.807, 2.05) is 37.1 Å². The number of carbonyl (C=O) groups excluding carboxylic acids is 2. The van der Waals surface area contributed by atoms with Gasteiger partial charge in [-0.1, -0.05) is 0 Å². The van der Waals surface area contributed by atoms with E-state index >= 15 is 0 Å². The number of amides is 1. The first-order valence-corrected chi connectivity index (χ1v) is 11.8. The first-order valence-electron chi connectivity index (χ1n) is 10.9. The molecule has 0 N–H and O–H groups in total. The van der Waals surface area contributed by atoms with E-state index in [-0.39, 0.29) is 18.2 Å². The van der Waals surface area contributed by atoms with Crippen molar-refractivity contribution >= 4 is 40.5 Å². The third-order valence-corrected chi connectivity index (χ3v) is 6.76. The summed E-state index contributed by atoms with van der Waals surface area (Å²) in [5.74, 6) is -0.472. The number of thiazole rings is 1. The molecule has 2 unspecified atom stereocenters. The number of fused-ring (bicyclic) bond motifs is 3. The lowest BCUT2D eigenvalue weighted by molar-refractivity contribution is 0.0120.